The number of para-hydroxylation sites is 1. The fourth-order valence-electron chi connectivity index (χ4n) is 2.31. The van der Waals surface area contributed by atoms with E-state index < -0.39 is 5.82 Å². The van der Waals surface area contributed by atoms with Crippen molar-refractivity contribution in [2.75, 3.05) is 0 Å². The maximum atomic E-state index is 13.5. The van der Waals surface area contributed by atoms with Gasteiger partial charge in [-0.15, -0.1) is 0 Å². The van der Waals surface area contributed by atoms with Crippen molar-refractivity contribution in [1.29, 1.82) is 0 Å². The van der Waals surface area contributed by atoms with E-state index in [1.807, 2.05) is 36.4 Å². The summed E-state index contributed by atoms with van der Waals surface area (Å²) >= 11 is 5.68. The number of hydrogen-bond acceptors (Lipinski definition) is 2. The van der Waals surface area contributed by atoms with E-state index in [2.05, 4.69) is 4.98 Å². The van der Waals surface area contributed by atoms with E-state index in [9.17, 15) is 4.39 Å². The first kappa shape index (κ1) is 14.0. The maximum absolute atomic E-state index is 13.5. The molecule has 0 bridgehead atoms. The molecule has 0 aliphatic rings. The molecule has 1 atom stereocenters. The van der Waals surface area contributed by atoms with Crippen LogP contribution in [0.1, 0.15) is 17.3 Å². The summed E-state index contributed by atoms with van der Waals surface area (Å²) < 4.78 is 13.5. The van der Waals surface area contributed by atoms with Crippen molar-refractivity contribution in [1.82, 2.24) is 4.98 Å². The highest BCUT2D eigenvalue weighted by molar-refractivity contribution is 6.30. The molecule has 3 rings (SSSR count). The minimum atomic E-state index is -0.448. The van der Waals surface area contributed by atoms with Crippen LogP contribution in [-0.4, -0.2) is 4.98 Å². The zero-order valence-electron chi connectivity index (χ0n) is 11.3. The summed E-state index contributed by atoms with van der Waals surface area (Å²) in [6, 6.07) is 16.2. The van der Waals surface area contributed by atoms with Gasteiger partial charge in [-0.25, -0.2) is 4.39 Å². The normalized spacial score (nSPS) is 12.5. The van der Waals surface area contributed by atoms with Gasteiger partial charge >= 0.3 is 0 Å². The SMILES string of the molecule is NC(Cc1ccc2ccccc2n1)c1ccc(Cl)c(F)c1. The first-order valence-corrected chi connectivity index (χ1v) is 7.06. The number of rotatable bonds is 3. The lowest BCUT2D eigenvalue weighted by Crippen LogP contribution is -2.14. The molecule has 0 aliphatic heterocycles. The number of pyridine rings is 1. The van der Waals surface area contributed by atoms with E-state index in [1.165, 1.54) is 12.1 Å². The Kier molecular flexibility index (Phi) is 3.86. The molecular weight excluding hydrogens is 287 g/mol. The molecule has 4 heteroatoms. The third kappa shape index (κ3) is 3.04. The Hall–Kier alpha value is -1.97. The average Bonchev–Trinajstić information content (AvgIpc) is 2.50. The smallest absolute Gasteiger partial charge is 0.142 e. The van der Waals surface area contributed by atoms with Crippen molar-refractivity contribution in [3.8, 4) is 0 Å². The zero-order valence-corrected chi connectivity index (χ0v) is 12.0. The van der Waals surface area contributed by atoms with Crippen LogP contribution in [-0.2, 0) is 6.42 Å². The number of benzene rings is 2. The van der Waals surface area contributed by atoms with Crippen molar-refractivity contribution in [3.05, 3.63) is 76.7 Å². The molecule has 21 heavy (non-hydrogen) atoms. The molecule has 3 aromatic rings. The van der Waals surface area contributed by atoms with Crippen LogP contribution in [0, 0.1) is 5.82 Å². The summed E-state index contributed by atoms with van der Waals surface area (Å²) in [4.78, 5) is 4.58. The fourth-order valence-corrected chi connectivity index (χ4v) is 2.43. The highest BCUT2D eigenvalue weighted by Crippen LogP contribution is 2.22. The Morgan fingerprint density at radius 2 is 1.90 bits per heavy atom. The van der Waals surface area contributed by atoms with Crippen molar-refractivity contribution in [2.24, 2.45) is 5.73 Å². The third-order valence-corrected chi connectivity index (χ3v) is 3.76. The lowest BCUT2D eigenvalue weighted by Gasteiger charge is -2.12. The Morgan fingerprint density at radius 3 is 2.71 bits per heavy atom. The number of nitrogens with two attached hydrogens (primary N) is 1. The quantitative estimate of drug-likeness (QED) is 0.784. The van der Waals surface area contributed by atoms with Gasteiger partial charge in [0.25, 0.3) is 0 Å². The van der Waals surface area contributed by atoms with Crippen LogP contribution in [0.5, 0.6) is 0 Å². The molecule has 106 valence electrons. The number of aromatic nitrogens is 1. The minimum Gasteiger partial charge on any atom is -0.324 e. The average molecular weight is 301 g/mol. The first-order valence-electron chi connectivity index (χ1n) is 6.69. The van der Waals surface area contributed by atoms with E-state index in [4.69, 9.17) is 17.3 Å². The van der Waals surface area contributed by atoms with Crippen molar-refractivity contribution in [2.45, 2.75) is 12.5 Å². The monoisotopic (exact) mass is 300 g/mol. The van der Waals surface area contributed by atoms with Crippen LogP contribution in [0.15, 0.2) is 54.6 Å². The summed E-state index contributed by atoms with van der Waals surface area (Å²) in [7, 11) is 0. The molecule has 2 aromatic carbocycles. The third-order valence-electron chi connectivity index (χ3n) is 3.46. The number of fused-ring (bicyclic) bond motifs is 1. The molecule has 0 fully saturated rings. The van der Waals surface area contributed by atoms with Crippen LogP contribution in [0.25, 0.3) is 10.9 Å². The van der Waals surface area contributed by atoms with Crippen LogP contribution < -0.4 is 5.73 Å². The van der Waals surface area contributed by atoms with Gasteiger partial charge in [-0.3, -0.25) is 4.98 Å². The Labute approximate surface area is 127 Å². The summed E-state index contributed by atoms with van der Waals surface area (Å²) in [6.07, 6.45) is 0.548. The van der Waals surface area contributed by atoms with Gasteiger partial charge in [-0.2, -0.15) is 0 Å². The fraction of sp³-hybridized carbons (Fsp3) is 0.118. The molecule has 2 nitrogen and oxygen atoms in total. The van der Waals surface area contributed by atoms with Crippen molar-refractivity contribution in [3.63, 3.8) is 0 Å². The second-order valence-corrected chi connectivity index (χ2v) is 5.39. The molecule has 1 heterocycles. The molecule has 0 amide bonds. The van der Waals surface area contributed by atoms with Gasteiger partial charge in [-0.1, -0.05) is 41.9 Å². The highest BCUT2D eigenvalue weighted by Gasteiger charge is 2.11. The van der Waals surface area contributed by atoms with Crippen LogP contribution in [0.4, 0.5) is 4.39 Å². The molecule has 0 saturated carbocycles. The van der Waals surface area contributed by atoms with E-state index >= 15 is 0 Å². The predicted octanol–water partition coefficient (Wildman–Crippen LogP) is 4.27. The van der Waals surface area contributed by atoms with Gasteiger partial charge in [0.2, 0.25) is 0 Å². The van der Waals surface area contributed by atoms with Gasteiger partial charge < -0.3 is 5.73 Å². The topological polar surface area (TPSA) is 38.9 Å². The van der Waals surface area contributed by atoms with Gasteiger partial charge in [-0.05, 0) is 29.8 Å². The van der Waals surface area contributed by atoms with Gasteiger partial charge in [0.05, 0.1) is 10.5 Å². The predicted molar refractivity (Wildman–Crippen MR) is 83.8 cm³/mol. The van der Waals surface area contributed by atoms with E-state index in [0.29, 0.717) is 12.0 Å². The number of nitrogens with zero attached hydrogens (tertiary/aromatic N) is 1. The standard InChI is InChI=1S/C17H14ClFN2/c18-14-8-6-12(9-15(14)19)16(20)10-13-7-5-11-3-1-2-4-17(11)21-13/h1-9,16H,10,20H2. The van der Waals surface area contributed by atoms with Crippen LogP contribution in [0.2, 0.25) is 5.02 Å². The molecule has 2 N–H and O–H groups in total. The molecule has 0 radical (unpaired) electrons. The molecule has 0 spiro atoms. The highest BCUT2D eigenvalue weighted by atomic mass is 35.5. The molecule has 1 aromatic heterocycles. The molecule has 1 unspecified atom stereocenters. The minimum absolute atomic E-state index is 0.106. The molecule has 0 saturated heterocycles. The van der Waals surface area contributed by atoms with Gasteiger partial charge in [0.1, 0.15) is 5.82 Å². The summed E-state index contributed by atoms with van der Waals surface area (Å²) in [6.45, 7) is 0. The Morgan fingerprint density at radius 1 is 1.10 bits per heavy atom. The second-order valence-electron chi connectivity index (χ2n) is 4.98. The molecule has 0 aliphatic carbocycles. The largest absolute Gasteiger partial charge is 0.324 e. The zero-order chi connectivity index (χ0) is 14.8. The molecular formula is C17H14ClFN2. The van der Waals surface area contributed by atoms with E-state index in [1.54, 1.807) is 6.07 Å². The summed E-state index contributed by atoms with van der Waals surface area (Å²) in [5.74, 6) is -0.448. The van der Waals surface area contributed by atoms with Crippen molar-refractivity contribution >= 4 is 22.5 Å². The number of halogens is 2. The number of hydrogen-bond donors (Lipinski definition) is 1. The van der Waals surface area contributed by atoms with Crippen molar-refractivity contribution < 1.29 is 4.39 Å². The van der Waals surface area contributed by atoms with Gasteiger partial charge in [0, 0.05) is 23.5 Å². The van der Waals surface area contributed by atoms with Crippen LogP contribution in [0.3, 0.4) is 0 Å². The lowest BCUT2D eigenvalue weighted by molar-refractivity contribution is 0.618. The Balaban J connectivity index is 1.85. The Bertz CT molecular complexity index is 789. The van der Waals surface area contributed by atoms with E-state index in [0.717, 1.165) is 16.6 Å². The first-order chi connectivity index (χ1) is 10.1. The van der Waals surface area contributed by atoms with Gasteiger partial charge in [0.15, 0.2) is 0 Å². The summed E-state index contributed by atoms with van der Waals surface area (Å²) in [5, 5.41) is 1.20. The van der Waals surface area contributed by atoms with Crippen LogP contribution >= 0.6 is 11.6 Å². The lowest BCUT2D eigenvalue weighted by atomic mass is 10.0. The van der Waals surface area contributed by atoms with E-state index in [-0.39, 0.29) is 11.1 Å². The summed E-state index contributed by atoms with van der Waals surface area (Å²) in [5.41, 5.74) is 8.68. The maximum Gasteiger partial charge on any atom is 0.142 e. The second kappa shape index (κ2) is 5.80.